The Bertz CT molecular complexity index is 379. The Labute approximate surface area is 114 Å². The van der Waals surface area contributed by atoms with Crippen molar-refractivity contribution in [2.75, 3.05) is 38.3 Å². The molecule has 0 aliphatic rings. The highest BCUT2D eigenvalue weighted by Gasteiger charge is 2.06. The number of carbonyl (C=O) groups excluding carboxylic acids is 1. The molecule has 5 heteroatoms. The molecule has 0 saturated heterocycles. The van der Waals surface area contributed by atoms with E-state index in [4.69, 9.17) is 10.5 Å². The summed E-state index contributed by atoms with van der Waals surface area (Å²) in [7, 11) is 1.69. The van der Waals surface area contributed by atoms with E-state index in [0.29, 0.717) is 6.61 Å². The van der Waals surface area contributed by atoms with Gasteiger partial charge in [0.15, 0.2) is 0 Å². The van der Waals surface area contributed by atoms with Gasteiger partial charge in [-0.2, -0.15) is 0 Å². The number of ether oxygens (including phenoxy) is 1. The van der Waals surface area contributed by atoms with E-state index in [1.54, 1.807) is 7.11 Å². The third-order valence-corrected chi connectivity index (χ3v) is 2.84. The molecule has 0 radical (unpaired) electrons. The Morgan fingerprint density at radius 3 is 2.58 bits per heavy atom. The lowest BCUT2D eigenvalue weighted by molar-refractivity contribution is -0.116. The van der Waals surface area contributed by atoms with Crippen molar-refractivity contribution < 1.29 is 9.53 Å². The Morgan fingerprint density at radius 2 is 2.05 bits per heavy atom. The quantitative estimate of drug-likeness (QED) is 0.646. The van der Waals surface area contributed by atoms with E-state index in [1.807, 2.05) is 24.0 Å². The Balaban J connectivity index is 2.52. The molecule has 1 amide bonds. The zero-order valence-electron chi connectivity index (χ0n) is 11.7. The zero-order valence-corrected chi connectivity index (χ0v) is 11.7. The summed E-state index contributed by atoms with van der Waals surface area (Å²) in [5.74, 6) is -0.313. The van der Waals surface area contributed by atoms with Crippen LogP contribution in [-0.4, -0.2) is 39.3 Å². The van der Waals surface area contributed by atoms with E-state index in [0.717, 1.165) is 25.3 Å². The highest BCUT2D eigenvalue weighted by Crippen LogP contribution is 2.14. The number of methoxy groups -OCH3 is 1. The van der Waals surface area contributed by atoms with E-state index in [2.05, 4.69) is 17.4 Å². The van der Waals surface area contributed by atoms with Gasteiger partial charge in [0.25, 0.3) is 0 Å². The molecule has 0 aromatic heterocycles. The summed E-state index contributed by atoms with van der Waals surface area (Å²) in [6.07, 6.45) is 0. The van der Waals surface area contributed by atoms with E-state index >= 15 is 0 Å². The van der Waals surface area contributed by atoms with Crippen molar-refractivity contribution in [1.82, 2.24) is 5.32 Å². The largest absolute Gasteiger partial charge is 0.383 e. The first-order chi connectivity index (χ1) is 9.17. The second-order valence-electron chi connectivity index (χ2n) is 4.32. The summed E-state index contributed by atoms with van der Waals surface area (Å²) >= 11 is 0. The minimum Gasteiger partial charge on any atom is -0.383 e. The van der Waals surface area contributed by atoms with Gasteiger partial charge in [-0.25, -0.2) is 0 Å². The molecule has 3 N–H and O–H groups in total. The number of rotatable bonds is 9. The summed E-state index contributed by atoms with van der Waals surface area (Å²) in [5, 5.41) is 3.28. The molecule has 1 rings (SSSR count). The van der Waals surface area contributed by atoms with Gasteiger partial charge in [-0.15, -0.1) is 0 Å². The predicted molar refractivity (Wildman–Crippen MR) is 77.1 cm³/mol. The standard InChI is InChI=1S/C14H23N3O2/c1-3-17(11-14(15)18)13-6-4-12(5-7-13)10-16-8-9-19-2/h4-7,16H,3,8-11H2,1-2H3,(H2,15,18). The first kappa shape index (κ1) is 15.5. The molecule has 0 aliphatic heterocycles. The average Bonchev–Trinajstić information content (AvgIpc) is 2.41. The second-order valence-corrected chi connectivity index (χ2v) is 4.32. The molecule has 19 heavy (non-hydrogen) atoms. The van der Waals surface area contributed by atoms with Gasteiger partial charge in [-0.05, 0) is 24.6 Å². The van der Waals surface area contributed by atoms with Gasteiger partial charge < -0.3 is 20.7 Å². The van der Waals surface area contributed by atoms with Crippen LogP contribution in [0.3, 0.4) is 0 Å². The highest BCUT2D eigenvalue weighted by molar-refractivity contribution is 5.79. The van der Waals surface area contributed by atoms with E-state index in [-0.39, 0.29) is 12.5 Å². The van der Waals surface area contributed by atoms with Gasteiger partial charge in [0, 0.05) is 32.4 Å². The van der Waals surface area contributed by atoms with Crippen LogP contribution in [0.15, 0.2) is 24.3 Å². The summed E-state index contributed by atoms with van der Waals surface area (Å²) in [6.45, 7) is 5.37. The molecule has 106 valence electrons. The Morgan fingerprint density at radius 1 is 1.37 bits per heavy atom. The van der Waals surface area contributed by atoms with Crippen molar-refractivity contribution in [3.05, 3.63) is 29.8 Å². The molecule has 0 bridgehead atoms. The Kier molecular flexibility index (Phi) is 6.92. The van der Waals surface area contributed by atoms with Crippen molar-refractivity contribution in [1.29, 1.82) is 0 Å². The van der Waals surface area contributed by atoms with Crippen LogP contribution in [-0.2, 0) is 16.1 Å². The number of anilines is 1. The van der Waals surface area contributed by atoms with Crippen LogP contribution in [0, 0.1) is 0 Å². The lowest BCUT2D eigenvalue weighted by atomic mass is 10.2. The second kappa shape index (κ2) is 8.50. The number of hydrogen-bond donors (Lipinski definition) is 2. The number of hydrogen-bond acceptors (Lipinski definition) is 4. The minimum atomic E-state index is -0.313. The molecular formula is C14H23N3O2. The normalized spacial score (nSPS) is 10.4. The number of carbonyl (C=O) groups is 1. The molecule has 0 aliphatic carbocycles. The molecule has 0 spiro atoms. The van der Waals surface area contributed by atoms with E-state index in [9.17, 15) is 4.79 Å². The van der Waals surface area contributed by atoms with Gasteiger partial charge in [0.05, 0.1) is 13.2 Å². The lowest BCUT2D eigenvalue weighted by Gasteiger charge is -2.21. The number of nitrogens with zero attached hydrogens (tertiary/aromatic N) is 1. The van der Waals surface area contributed by atoms with Gasteiger partial charge in [0.2, 0.25) is 5.91 Å². The summed E-state index contributed by atoms with van der Waals surface area (Å²) in [5.41, 5.74) is 7.45. The fourth-order valence-electron chi connectivity index (χ4n) is 1.81. The monoisotopic (exact) mass is 265 g/mol. The number of nitrogens with two attached hydrogens (primary N) is 1. The fraction of sp³-hybridized carbons (Fsp3) is 0.500. The van der Waals surface area contributed by atoms with Crippen LogP contribution in [0.25, 0.3) is 0 Å². The van der Waals surface area contributed by atoms with Gasteiger partial charge in [0.1, 0.15) is 0 Å². The third-order valence-electron chi connectivity index (χ3n) is 2.84. The van der Waals surface area contributed by atoms with E-state index < -0.39 is 0 Å². The number of benzene rings is 1. The average molecular weight is 265 g/mol. The number of primary amides is 1. The minimum absolute atomic E-state index is 0.252. The van der Waals surface area contributed by atoms with Crippen LogP contribution < -0.4 is 16.0 Å². The van der Waals surface area contributed by atoms with Gasteiger partial charge >= 0.3 is 0 Å². The first-order valence-electron chi connectivity index (χ1n) is 6.49. The molecule has 0 atom stereocenters. The molecule has 0 saturated carbocycles. The maximum atomic E-state index is 11.0. The van der Waals surface area contributed by atoms with Crippen molar-refractivity contribution in [3.63, 3.8) is 0 Å². The molecule has 5 nitrogen and oxygen atoms in total. The SMILES string of the molecule is CCN(CC(N)=O)c1ccc(CNCCOC)cc1. The van der Waals surface area contributed by atoms with Crippen molar-refractivity contribution in [2.45, 2.75) is 13.5 Å². The first-order valence-corrected chi connectivity index (χ1v) is 6.49. The fourth-order valence-corrected chi connectivity index (χ4v) is 1.81. The smallest absolute Gasteiger partial charge is 0.236 e. The molecule has 0 fully saturated rings. The number of nitrogens with one attached hydrogen (secondary N) is 1. The predicted octanol–water partition coefficient (Wildman–Crippen LogP) is 0.734. The molecule has 1 aromatic rings. The number of amides is 1. The number of likely N-dealkylation sites (N-methyl/N-ethyl adjacent to an activating group) is 1. The van der Waals surface area contributed by atoms with E-state index in [1.165, 1.54) is 5.56 Å². The highest BCUT2D eigenvalue weighted by atomic mass is 16.5. The van der Waals surface area contributed by atoms with Crippen molar-refractivity contribution >= 4 is 11.6 Å². The molecule has 1 aromatic carbocycles. The Hall–Kier alpha value is -1.59. The maximum Gasteiger partial charge on any atom is 0.236 e. The third kappa shape index (κ3) is 5.72. The summed E-state index contributed by atoms with van der Waals surface area (Å²) in [4.78, 5) is 12.9. The lowest BCUT2D eigenvalue weighted by Crippen LogP contribution is -2.33. The molecule has 0 heterocycles. The molecular weight excluding hydrogens is 242 g/mol. The molecule has 0 unspecified atom stereocenters. The zero-order chi connectivity index (χ0) is 14.1. The van der Waals surface area contributed by atoms with Crippen LogP contribution in [0.2, 0.25) is 0 Å². The van der Waals surface area contributed by atoms with Crippen LogP contribution in [0.5, 0.6) is 0 Å². The van der Waals surface area contributed by atoms with Crippen molar-refractivity contribution in [3.8, 4) is 0 Å². The summed E-state index contributed by atoms with van der Waals surface area (Å²) < 4.78 is 4.97. The van der Waals surface area contributed by atoms with Crippen LogP contribution >= 0.6 is 0 Å². The topological polar surface area (TPSA) is 67.6 Å². The van der Waals surface area contributed by atoms with Crippen molar-refractivity contribution in [2.24, 2.45) is 5.73 Å². The van der Waals surface area contributed by atoms with Crippen LogP contribution in [0.4, 0.5) is 5.69 Å². The van der Waals surface area contributed by atoms with Gasteiger partial charge in [-0.3, -0.25) is 4.79 Å². The summed E-state index contributed by atoms with van der Waals surface area (Å²) in [6, 6.07) is 8.14. The maximum absolute atomic E-state index is 11.0. The van der Waals surface area contributed by atoms with Crippen LogP contribution in [0.1, 0.15) is 12.5 Å². The van der Waals surface area contributed by atoms with Gasteiger partial charge in [-0.1, -0.05) is 12.1 Å².